The van der Waals surface area contributed by atoms with Gasteiger partial charge in [0.05, 0.1) is 5.92 Å². The van der Waals surface area contributed by atoms with E-state index in [1.54, 1.807) is 0 Å². The number of rotatable bonds is 10. The average Bonchev–Trinajstić information content (AvgIpc) is 3.10. The molecule has 0 bridgehead atoms. The molecule has 0 saturated carbocycles. The first-order valence-corrected chi connectivity index (χ1v) is 9.49. The number of alkyl halides is 1. The van der Waals surface area contributed by atoms with Crippen LogP contribution in [0.3, 0.4) is 0 Å². The van der Waals surface area contributed by atoms with Crippen molar-refractivity contribution < 1.29 is 24.0 Å². The zero-order valence-electron chi connectivity index (χ0n) is 16.0. The third kappa shape index (κ3) is 6.23. The van der Waals surface area contributed by atoms with Gasteiger partial charge in [-0.3, -0.25) is 19.6 Å². The fourth-order valence-corrected chi connectivity index (χ4v) is 3.18. The Morgan fingerprint density at radius 2 is 1.96 bits per heavy atom. The molecule has 26 heavy (non-hydrogen) atoms. The van der Waals surface area contributed by atoms with Crippen LogP contribution in [0.2, 0.25) is 0 Å². The maximum atomic E-state index is 14.4. The predicted molar refractivity (Wildman–Crippen MR) is 95.0 cm³/mol. The number of amides is 3. The summed E-state index contributed by atoms with van der Waals surface area (Å²) in [6.45, 7) is 6.93. The number of nitrogens with zero attached hydrogens (tertiary/aromatic N) is 1. The molecule has 0 radical (unpaired) electrons. The minimum atomic E-state index is -2.13. The Labute approximate surface area is 154 Å². The molecule has 0 aliphatic carbocycles. The van der Waals surface area contributed by atoms with Gasteiger partial charge in [-0.05, 0) is 31.6 Å². The summed E-state index contributed by atoms with van der Waals surface area (Å²) < 4.78 is 14.4. The molecule has 1 rings (SSSR count). The van der Waals surface area contributed by atoms with Crippen molar-refractivity contribution in [3.8, 4) is 0 Å². The molecule has 0 aromatic carbocycles. The third-order valence-corrected chi connectivity index (χ3v) is 4.76. The molecular weight excluding hydrogens is 341 g/mol. The SMILES string of the molecule is CCCCC(C(=O)N1CCC[C@H]1C(=O)NCCC(C)C)C(F)C(=O)NO. The van der Waals surface area contributed by atoms with E-state index in [2.05, 4.69) is 19.2 Å². The Kier molecular flexibility index (Phi) is 9.54. The second-order valence-electron chi connectivity index (χ2n) is 7.29. The maximum absolute atomic E-state index is 14.4. The molecule has 1 aliphatic heterocycles. The predicted octanol–water partition coefficient (Wildman–Crippen LogP) is 1.79. The number of hydrogen-bond acceptors (Lipinski definition) is 4. The van der Waals surface area contributed by atoms with E-state index in [1.807, 2.05) is 6.92 Å². The van der Waals surface area contributed by atoms with E-state index in [1.165, 1.54) is 10.4 Å². The van der Waals surface area contributed by atoms with Crippen molar-refractivity contribution in [2.45, 2.75) is 71.5 Å². The van der Waals surface area contributed by atoms with Gasteiger partial charge in [0.15, 0.2) is 6.17 Å². The number of carbonyl (C=O) groups excluding carboxylic acids is 3. The van der Waals surface area contributed by atoms with E-state index in [0.717, 1.165) is 12.8 Å². The Hall–Kier alpha value is -1.70. The van der Waals surface area contributed by atoms with Crippen LogP contribution in [0, 0.1) is 11.8 Å². The molecule has 1 aliphatic rings. The van der Waals surface area contributed by atoms with Gasteiger partial charge in [0.2, 0.25) is 11.8 Å². The number of likely N-dealkylation sites (tertiary alicyclic amines) is 1. The molecule has 1 heterocycles. The molecular formula is C18H32FN3O4. The highest BCUT2D eigenvalue weighted by Gasteiger charge is 2.41. The van der Waals surface area contributed by atoms with Crippen molar-refractivity contribution in [2.75, 3.05) is 13.1 Å². The van der Waals surface area contributed by atoms with E-state index in [9.17, 15) is 18.8 Å². The topological polar surface area (TPSA) is 98.7 Å². The van der Waals surface area contributed by atoms with Crippen LogP contribution >= 0.6 is 0 Å². The van der Waals surface area contributed by atoms with E-state index in [-0.39, 0.29) is 12.3 Å². The van der Waals surface area contributed by atoms with Gasteiger partial charge in [0.25, 0.3) is 5.91 Å². The van der Waals surface area contributed by atoms with Crippen molar-refractivity contribution in [2.24, 2.45) is 11.8 Å². The Balaban J connectivity index is 2.80. The highest BCUT2D eigenvalue weighted by atomic mass is 19.1. The first kappa shape index (κ1) is 22.3. The van der Waals surface area contributed by atoms with Gasteiger partial charge in [-0.25, -0.2) is 9.87 Å². The van der Waals surface area contributed by atoms with Gasteiger partial charge in [-0.1, -0.05) is 33.6 Å². The zero-order chi connectivity index (χ0) is 19.7. The second kappa shape index (κ2) is 11.1. The fraction of sp³-hybridized carbons (Fsp3) is 0.833. The number of nitrogens with one attached hydrogen (secondary N) is 2. The molecule has 3 atom stereocenters. The number of unbranched alkanes of at least 4 members (excludes halogenated alkanes) is 1. The molecule has 0 aromatic heterocycles. The molecule has 150 valence electrons. The lowest BCUT2D eigenvalue weighted by atomic mass is 9.94. The minimum Gasteiger partial charge on any atom is -0.354 e. The average molecular weight is 373 g/mol. The van der Waals surface area contributed by atoms with Crippen molar-refractivity contribution in [1.82, 2.24) is 15.7 Å². The lowest BCUT2D eigenvalue weighted by molar-refractivity contribution is -0.149. The summed E-state index contributed by atoms with van der Waals surface area (Å²) in [5.41, 5.74) is 1.28. The first-order valence-electron chi connectivity index (χ1n) is 9.49. The van der Waals surface area contributed by atoms with Gasteiger partial charge in [-0.2, -0.15) is 0 Å². The molecule has 0 spiro atoms. The van der Waals surface area contributed by atoms with Crippen LogP contribution in [-0.2, 0) is 14.4 Å². The van der Waals surface area contributed by atoms with Crippen LogP contribution in [0.1, 0.15) is 59.3 Å². The lowest BCUT2D eigenvalue weighted by Gasteiger charge is -2.29. The van der Waals surface area contributed by atoms with Crippen LogP contribution in [-0.4, -0.2) is 53.1 Å². The molecule has 1 fully saturated rings. The smallest absolute Gasteiger partial charge is 0.278 e. The summed E-state index contributed by atoms with van der Waals surface area (Å²) in [7, 11) is 0. The summed E-state index contributed by atoms with van der Waals surface area (Å²) in [6.07, 6.45) is 1.42. The molecule has 3 amide bonds. The molecule has 0 aromatic rings. The van der Waals surface area contributed by atoms with Crippen molar-refractivity contribution in [3.63, 3.8) is 0 Å². The molecule has 8 heteroatoms. The van der Waals surface area contributed by atoms with Crippen LogP contribution in [0.25, 0.3) is 0 Å². The third-order valence-electron chi connectivity index (χ3n) is 4.76. The number of halogens is 1. The number of hydrogen-bond donors (Lipinski definition) is 3. The molecule has 2 unspecified atom stereocenters. The summed E-state index contributed by atoms with van der Waals surface area (Å²) in [6, 6.07) is -0.622. The summed E-state index contributed by atoms with van der Waals surface area (Å²) in [5, 5.41) is 11.5. The van der Waals surface area contributed by atoms with Crippen LogP contribution < -0.4 is 10.8 Å². The Morgan fingerprint density at radius 1 is 1.27 bits per heavy atom. The molecule has 3 N–H and O–H groups in total. The van der Waals surface area contributed by atoms with Crippen molar-refractivity contribution in [1.29, 1.82) is 0 Å². The second-order valence-corrected chi connectivity index (χ2v) is 7.29. The molecule has 7 nitrogen and oxygen atoms in total. The van der Waals surface area contributed by atoms with Gasteiger partial charge >= 0.3 is 0 Å². The van der Waals surface area contributed by atoms with Gasteiger partial charge in [0, 0.05) is 13.1 Å². The van der Waals surface area contributed by atoms with Crippen molar-refractivity contribution >= 4 is 17.7 Å². The van der Waals surface area contributed by atoms with Gasteiger partial charge in [0.1, 0.15) is 6.04 Å². The minimum absolute atomic E-state index is 0.197. The normalized spacial score (nSPS) is 19.3. The lowest BCUT2D eigenvalue weighted by Crippen LogP contribution is -2.51. The van der Waals surface area contributed by atoms with Crippen LogP contribution in [0.4, 0.5) is 4.39 Å². The Bertz CT molecular complexity index is 487. The first-order chi connectivity index (χ1) is 12.3. The summed E-state index contributed by atoms with van der Waals surface area (Å²) in [5.74, 6) is -2.72. The Morgan fingerprint density at radius 3 is 2.54 bits per heavy atom. The van der Waals surface area contributed by atoms with Gasteiger partial charge < -0.3 is 10.2 Å². The van der Waals surface area contributed by atoms with Crippen molar-refractivity contribution in [3.05, 3.63) is 0 Å². The number of hydroxylamine groups is 1. The van der Waals surface area contributed by atoms with E-state index in [4.69, 9.17) is 5.21 Å². The largest absolute Gasteiger partial charge is 0.354 e. The summed E-state index contributed by atoms with van der Waals surface area (Å²) in [4.78, 5) is 38.1. The van der Waals surface area contributed by atoms with E-state index < -0.39 is 29.9 Å². The quantitative estimate of drug-likeness (QED) is 0.402. The van der Waals surface area contributed by atoms with E-state index >= 15 is 0 Å². The zero-order valence-corrected chi connectivity index (χ0v) is 16.0. The van der Waals surface area contributed by atoms with Crippen LogP contribution in [0.5, 0.6) is 0 Å². The van der Waals surface area contributed by atoms with Gasteiger partial charge in [-0.15, -0.1) is 0 Å². The fourth-order valence-electron chi connectivity index (χ4n) is 3.18. The standard InChI is InChI=1S/C18H32FN3O4/c1-4-5-7-13(15(19)17(24)21-26)18(25)22-11-6-8-14(22)16(23)20-10-9-12(2)3/h12-15,26H,4-11H2,1-3H3,(H,20,23)(H,21,24)/t13?,14-,15?/m0/s1. The maximum Gasteiger partial charge on any atom is 0.278 e. The molecule has 1 saturated heterocycles. The van der Waals surface area contributed by atoms with Crippen LogP contribution in [0.15, 0.2) is 0 Å². The number of carbonyl (C=O) groups is 3. The highest BCUT2D eigenvalue weighted by Crippen LogP contribution is 2.25. The monoisotopic (exact) mass is 373 g/mol. The van der Waals surface area contributed by atoms with E-state index in [0.29, 0.717) is 38.3 Å². The highest BCUT2D eigenvalue weighted by molar-refractivity contribution is 5.92. The summed E-state index contributed by atoms with van der Waals surface area (Å²) >= 11 is 0.